The SMILES string of the molecule is COc1cc(/C=C2\C(=O)NC(=S)N(c3ccc(C)cc3)C2=O)cc(I)c1OCc1ccc(Cl)cc1Cl. The van der Waals surface area contributed by atoms with E-state index < -0.39 is 11.8 Å². The predicted molar refractivity (Wildman–Crippen MR) is 154 cm³/mol. The molecule has 4 rings (SSSR count). The van der Waals surface area contributed by atoms with E-state index in [4.69, 9.17) is 44.9 Å². The molecule has 0 radical (unpaired) electrons. The molecule has 0 saturated carbocycles. The Kier molecular flexibility index (Phi) is 8.19. The summed E-state index contributed by atoms with van der Waals surface area (Å²) in [6.07, 6.45) is 1.51. The summed E-state index contributed by atoms with van der Waals surface area (Å²) in [5, 5.41) is 3.66. The quantitative estimate of drug-likeness (QED) is 0.146. The molecule has 0 aliphatic carbocycles. The number of ether oxygens (including phenoxy) is 2. The Hall–Kier alpha value is -2.66. The molecule has 3 aromatic rings. The minimum absolute atomic E-state index is 0.0303. The smallest absolute Gasteiger partial charge is 0.270 e. The van der Waals surface area contributed by atoms with E-state index in [1.165, 1.54) is 18.1 Å². The van der Waals surface area contributed by atoms with Gasteiger partial charge in [-0.3, -0.25) is 19.8 Å². The summed E-state index contributed by atoms with van der Waals surface area (Å²) in [6, 6.07) is 16.0. The Labute approximate surface area is 237 Å². The molecular weight excluding hydrogens is 634 g/mol. The van der Waals surface area contributed by atoms with Crippen molar-refractivity contribution in [3.8, 4) is 11.5 Å². The van der Waals surface area contributed by atoms with Crippen molar-refractivity contribution in [2.75, 3.05) is 12.0 Å². The van der Waals surface area contributed by atoms with Crippen LogP contribution >= 0.6 is 58.0 Å². The van der Waals surface area contributed by atoms with E-state index in [1.807, 2.05) is 19.1 Å². The fraction of sp³-hybridized carbons (Fsp3) is 0.115. The lowest BCUT2D eigenvalue weighted by Crippen LogP contribution is -2.54. The van der Waals surface area contributed by atoms with E-state index in [-0.39, 0.29) is 17.3 Å². The molecule has 1 heterocycles. The van der Waals surface area contributed by atoms with E-state index in [2.05, 4.69) is 27.9 Å². The number of amides is 2. The molecule has 36 heavy (non-hydrogen) atoms. The van der Waals surface area contributed by atoms with Gasteiger partial charge in [-0.15, -0.1) is 0 Å². The number of thiocarbonyl (C=S) groups is 1. The van der Waals surface area contributed by atoms with Crippen LogP contribution in [-0.4, -0.2) is 24.0 Å². The molecule has 1 aliphatic rings. The van der Waals surface area contributed by atoms with E-state index in [0.29, 0.717) is 32.8 Å². The number of nitrogens with one attached hydrogen (secondary N) is 1. The van der Waals surface area contributed by atoms with Crippen LogP contribution in [0, 0.1) is 10.5 Å². The first-order valence-electron chi connectivity index (χ1n) is 10.6. The van der Waals surface area contributed by atoms with Crippen LogP contribution in [0.2, 0.25) is 10.0 Å². The minimum atomic E-state index is -0.569. The van der Waals surface area contributed by atoms with Crippen LogP contribution in [0.3, 0.4) is 0 Å². The Balaban J connectivity index is 1.64. The molecule has 1 fully saturated rings. The van der Waals surface area contributed by atoms with Crippen molar-refractivity contribution in [1.29, 1.82) is 0 Å². The fourth-order valence-electron chi connectivity index (χ4n) is 3.50. The monoisotopic (exact) mass is 652 g/mol. The van der Waals surface area contributed by atoms with Crippen LogP contribution in [0.1, 0.15) is 16.7 Å². The van der Waals surface area contributed by atoms with Gasteiger partial charge < -0.3 is 9.47 Å². The van der Waals surface area contributed by atoms with Crippen molar-refractivity contribution >= 4 is 86.7 Å². The maximum atomic E-state index is 13.3. The highest BCUT2D eigenvalue weighted by Gasteiger charge is 2.34. The molecule has 184 valence electrons. The third-order valence-corrected chi connectivity index (χ3v) is 7.02. The molecule has 10 heteroatoms. The first-order valence-corrected chi connectivity index (χ1v) is 12.8. The third-order valence-electron chi connectivity index (χ3n) is 5.34. The predicted octanol–water partition coefficient (Wildman–Crippen LogP) is 6.33. The second kappa shape index (κ2) is 11.2. The fourth-order valence-corrected chi connectivity index (χ4v) is 5.03. The number of anilines is 1. The highest BCUT2D eigenvalue weighted by Crippen LogP contribution is 2.36. The van der Waals surface area contributed by atoms with Gasteiger partial charge in [-0.05, 0) is 89.8 Å². The first-order chi connectivity index (χ1) is 17.2. The number of aryl methyl sites for hydroxylation is 1. The number of benzene rings is 3. The van der Waals surface area contributed by atoms with Gasteiger partial charge in [0.2, 0.25) is 0 Å². The number of rotatable bonds is 6. The van der Waals surface area contributed by atoms with Crippen LogP contribution < -0.4 is 19.7 Å². The lowest BCUT2D eigenvalue weighted by atomic mass is 10.1. The summed E-state index contributed by atoms with van der Waals surface area (Å²) in [6.45, 7) is 2.15. The number of carbonyl (C=O) groups excluding carboxylic acids is 2. The summed E-state index contributed by atoms with van der Waals surface area (Å²) >= 11 is 19.6. The zero-order valence-corrected chi connectivity index (χ0v) is 23.6. The van der Waals surface area contributed by atoms with Crippen LogP contribution in [0.5, 0.6) is 11.5 Å². The molecule has 0 spiro atoms. The molecule has 3 aromatic carbocycles. The number of hydrogen-bond donors (Lipinski definition) is 1. The Morgan fingerprint density at radius 2 is 1.81 bits per heavy atom. The maximum absolute atomic E-state index is 13.3. The Bertz CT molecular complexity index is 1410. The van der Waals surface area contributed by atoms with E-state index in [9.17, 15) is 9.59 Å². The highest BCUT2D eigenvalue weighted by molar-refractivity contribution is 14.1. The van der Waals surface area contributed by atoms with E-state index >= 15 is 0 Å². The number of nitrogens with zero attached hydrogens (tertiary/aromatic N) is 1. The number of carbonyl (C=O) groups is 2. The van der Waals surface area contributed by atoms with Crippen molar-refractivity contribution in [2.45, 2.75) is 13.5 Å². The summed E-state index contributed by atoms with van der Waals surface area (Å²) < 4.78 is 12.3. The zero-order valence-electron chi connectivity index (χ0n) is 19.1. The van der Waals surface area contributed by atoms with Crippen molar-refractivity contribution in [3.05, 3.63) is 90.5 Å². The van der Waals surface area contributed by atoms with Gasteiger partial charge in [-0.2, -0.15) is 0 Å². The lowest BCUT2D eigenvalue weighted by molar-refractivity contribution is -0.122. The lowest BCUT2D eigenvalue weighted by Gasteiger charge is -2.29. The van der Waals surface area contributed by atoms with E-state index in [1.54, 1.807) is 42.5 Å². The maximum Gasteiger partial charge on any atom is 0.270 e. The van der Waals surface area contributed by atoms with Gasteiger partial charge in [0, 0.05) is 15.6 Å². The largest absolute Gasteiger partial charge is 0.493 e. The second-order valence-electron chi connectivity index (χ2n) is 7.85. The molecule has 0 unspecified atom stereocenters. The standard InChI is InChI=1S/C26H19Cl2IN2O4S/c1-14-3-7-18(8-4-14)31-25(33)19(24(32)30-26(31)36)9-15-10-21(29)23(22(11-15)34-2)35-13-16-5-6-17(27)12-20(16)28/h3-12H,13H2,1-2H3,(H,30,32,36)/b19-9+. The topological polar surface area (TPSA) is 67.9 Å². The average molecular weight is 653 g/mol. The van der Waals surface area contributed by atoms with Gasteiger partial charge in [-0.1, -0.05) is 47.0 Å². The molecule has 0 atom stereocenters. The zero-order chi connectivity index (χ0) is 26.0. The van der Waals surface area contributed by atoms with Crippen LogP contribution in [-0.2, 0) is 16.2 Å². The van der Waals surface area contributed by atoms with Gasteiger partial charge in [0.15, 0.2) is 16.6 Å². The number of hydrogen-bond acceptors (Lipinski definition) is 5. The third kappa shape index (κ3) is 5.67. The normalized spacial score (nSPS) is 14.8. The number of halogens is 3. The van der Waals surface area contributed by atoms with E-state index in [0.717, 1.165) is 14.7 Å². The summed E-state index contributed by atoms with van der Waals surface area (Å²) in [7, 11) is 1.51. The average Bonchev–Trinajstić information content (AvgIpc) is 2.83. The Morgan fingerprint density at radius 1 is 1.08 bits per heavy atom. The van der Waals surface area contributed by atoms with Gasteiger partial charge >= 0.3 is 0 Å². The highest BCUT2D eigenvalue weighted by atomic mass is 127. The van der Waals surface area contributed by atoms with Crippen LogP contribution in [0.25, 0.3) is 6.08 Å². The van der Waals surface area contributed by atoms with Crippen molar-refractivity contribution in [3.63, 3.8) is 0 Å². The molecule has 1 saturated heterocycles. The van der Waals surface area contributed by atoms with Crippen molar-refractivity contribution in [1.82, 2.24) is 5.32 Å². The van der Waals surface area contributed by atoms with Gasteiger partial charge in [0.05, 0.1) is 16.4 Å². The van der Waals surface area contributed by atoms with Gasteiger partial charge in [0.25, 0.3) is 11.8 Å². The molecule has 0 bridgehead atoms. The molecule has 1 N–H and O–H groups in total. The van der Waals surface area contributed by atoms with Gasteiger partial charge in [-0.25, -0.2) is 0 Å². The summed E-state index contributed by atoms with van der Waals surface area (Å²) in [4.78, 5) is 27.3. The first kappa shape index (κ1) is 26.4. The summed E-state index contributed by atoms with van der Waals surface area (Å²) in [5.74, 6) is -0.138. The van der Waals surface area contributed by atoms with Crippen molar-refractivity contribution in [2.24, 2.45) is 0 Å². The second-order valence-corrected chi connectivity index (χ2v) is 10.2. The van der Waals surface area contributed by atoms with Crippen LogP contribution in [0.15, 0.2) is 60.2 Å². The molecular formula is C26H19Cl2IN2O4S. The summed E-state index contributed by atoms with van der Waals surface area (Å²) in [5.41, 5.74) is 2.91. The number of methoxy groups -OCH3 is 1. The molecule has 0 aromatic heterocycles. The van der Waals surface area contributed by atoms with Crippen LogP contribution in [0.4, 0.5) is 5.69 Å². The minimum Gasteiger partial charge on any atom is -0.493 e. The molecule has 1 aliphatic heterocycles. The van der Waals surface area contributed by atoms with Gasteiger partial charge in [0.1, 0.15) is 12.2 Å². The Morgan fingerprint density at radius 3 is 2.47 bits per heavy atom. The molecule has 6 nitrogen and oxygen atoms in total. The van der Waals surface area contributed by atoms with Crippen molar-refractivity contribution < 1.29 is 19.1 Å². The molecule has 2 amide bonds.